The number of fused-ring (bicyclic) bond motifs is 1. The molecule has 7 heteroatoms. The van der Waals surface area contributed by atoms with Gasteiger partial charge in [0.25, 0.3) is 5.56 Å². The number of rotatable bonds is 1. The van der Waals surface area contributed by atoms with Crippen LogP contribution in [0, 0.1) is 0 Å². The Morgan fingerprint density at radius 1 is 1.36 bits per heavy atom. The van der Waals surface area contributed by atoms with Crippen molar-refractivity contribution in [3.63, 3.8) is 0 Å². The van der Waals surface area contributed by atoms with Crippen LogP contribution >= 0.6 is 11.6 Å². The molecule has 6 nitrogen and oxygen atoms in total. The molecule has 0 bridgehead atoms. The predicted molar refractivity (Wildman–Crippen MR) is 50.3 cm³/mol. The molecule has 0 fully saturated rings. The summed E-state index contributed by atoms with van der Waals surface area (Å²) in [6.45, 7) is 0. The number of hydrogen-bond donors (Lipinski definition) is 2. The second kappa shape index (κ2) is 3.22. The molecule has 2 rings (SSSR count). The minimum absolute atomic E-state index is 0.0859. The van der Waals surface area contributed by atoms with E-state index in [1.165, 1.54) is 6.20 Å². The molecule has 2 heterocycles. The van der Waals surface area contributed by atoms with Gasteiger partial charge in [0.05, 0.1) is 17.8 Å². The molecule has 0 unspecified atom stereocenters. The first kappa shape index (κ1) is 8.89. The van der Waals surface area contributed by atoms with Crippen LogP contribution in [-0.2, 0) is 5.88 Å². The molecule has 0 amide bonds. The molecule has 0 aliphatic heterocycles. The van der Waals surface area contributed by atoms with Gasteiger partial charge in [-0.15, -0.1) is 11.6 Å². The van der Waals surface area contributed by atoms with Crippen LogP contribution in [0.2, 0.25) is 0 Å². The lowest BCUT2D eigenvalue weighted by atomic mass is 10.4. The van der Waals surface area contributed by atoms with Crippen LogP contribution in [0.5, 0.6) is 0 Å². The SMILES string of the molecule is O=c1[nH]c(=O)c2nc(CCl)cnc2[nH]1. The van der Waals surface area contributed by atoms with Gasteiger partial charge in [0.15, 0.2) is 11.2 Å². The number of nitrogens with one attached hydrogen (secondary N) is 2. The Hall–Kier alpha value is -1.69. The van der Waals surface area contributed by atoms with Gasteiger partial charge < -0.3 is 0 Å². The third-order valence-corrected chi connectivity index (χ3v) is 1.91. The monoisotopic (exact) mass is 212 g/mol. The highest BCUT2D eigenvalue weighted by Crippen LogP contribution is 2.01. The Bertz CT molecular complexity index is 588. The molecule has 0 aromatic carbocycles. The van der Waals surface area contributed by atoms with E-state index in [1.807, 2.05) is 0 Å². The quantitative estimate of drug-likeness (QED) is 0.638. The molecular formula is C7H5ClN4O2. The molecule has 0 saturated carbocycles. The Balaban J connectivity index is 2.89. The summed E-state index contributed by atoms with van der Waals surface area (Å²) in [5, 5.41) is 0. The van der Waals surface area contributed by atoms with Crippen molar-refractivity contribution in [2.45, 2.75) is 5.88 Å². The lowest BCUT2D eigenvalue weighted by Crippen LogP contribution is -2.23. The van der Waals surface area contributed by atoms with Crippen molar-refractivity contribution >= 4 is 22.8 Å². The third kappa shape index (κ3) is 1.39. The second-order valence-corrected chi connectivity index (χ2v) is 2.87. The topological polar surface area (TPSA) is 91.5 Å². The Morgan fingerprint density at radius 3 is 2.86 bits per heavy atom. The van der Waals surface area contributed by atoms with Gasteiger partial charge in [-0.05, 0) is 0 Å². The molecule has 14 heavy (non-hydrogen) atoms. The van der Waals surface area contributed by atoms with Crippen molar-refractivity contribution in [2.24, 2.45) is 0 Å². The van der Waals surface area contributed by atoms with Gasteiger partial charge in [-0.25, -0.2) is 14.8 Å². The van der Waals surface area contributed by atoms with Crippen molar-refractivity contribution in [1.82, 2.24) is 19.9 Å². The summed E-state index contributed by atoms with van der Waals surface area (Å²) in [5.74, 6) is 0.168. The molecule has 2 N–H and O–H groups in total. The number of hydrogen-bond acceptors (Lipinski definition) is 4. The van der Waals surface area contributed by atoms with E-state index in [9.17, 15) is 9.59 Å². The van der Waals surface area contributed by atoms with E-state index in [4.69, 9.17) is 11.6 Å². The maximum absolute atomic E-state index is 11.2. The summed E-state index contributed by atoms with van der Waals surface area (Å²) < 4.78 is 0. The van der Waals surface area contributed by atoms with Crippen LogP contribution in [0.4, 0.5) is 0 Å². The van der Waals surface area contributed by atoms with E-state index >= 15 is 0 Å². The zero-order chi connectivity index (χ0) is 10.1. The van der Waals surface area contributed by atoms with Gasteiger partial charge in [0.2, 0.25) is 0 Å². The van der Waals surface area contributed by atoms with Crippen LogP contribution in [0.1, 0.15) is 5.69 Å². The van der Waals surface area contributed by atoms with Gasteiger partial charge >= 0.3 is 5.69 Å². The lowest BCUT2D eigenvalue weighted by molar-refractivity contribution is 1.02. The molecule has 0 radical (unpaired) electrons. The van der Waals surface area contributed by atoms with Gasteiger partial charge in [-0.2, -0.15) is 0 Å². The highest BCUT2D eigenvalue weighted by atomic mass is 35.5. The van der Waals surface area contributed by atoms with Crippen LogP contribution < -0.4 is 11.2 Å². The number of aromatic nitrogens is 4. The second-order valence-electron chi connectivity index (χ2n) is 2.60. The van der Waals surface area contributed by atoms with Crippen molar-refractivity contribution in [1.29, 1.82) is 0 Å². The molecule has 0 aliphatic carbocycles. The smallest absolute Gasteiger partial charge is 0.290 e. The van der Waals surface area contributed by atoms with E-state index in [0.717, 1.165) is 0 Å². The summed E-state index contributed by atoms with van der Waals surface area (Å²) >= 11 is 5.52. The average Bonchev–Trinajstić information content (AvgIpc) is 2.17. The number of aromatic amines is 2. The molecule has 0 saturated heterocycles. The highest BCUT2D eigenvalue weighted by Gasteiger charge is 2.03. The van der Waals surface area contributed by atoms with Gasteiger partial charge in [0, 0.05) is 0 Å². The first-order valence-corrected chi connectivity index (χ1v) is 4.28. The summed E-state index contributed by atoms with van der Waals surface area (Å²) in [6, 6.07) is 0. The van der Waals surface area contributed by atoms with Crippen molar-refractivity contribution in [3.05, 3.63) is 32.7 Å². The third-order valence-electron chi connectivity index (χ3n) is 1.63. The zero-order valence-electron chi connectivity index (χ0n) is 6.87. The first-order valence-electron chi connectivity index (χ1n) is 3.75. The average molecular weight is 213 g/mol. The molecular weight excluding hydrogens is 208 g/mol. The molecule has 72 valence electrons. The van der Waals surface area contributed by atoms with E-state index in [0.29, 0.717) is 5.69 Å². The van der Waals surface area contributed by atoms with Gasteiger partial charge in [0.1, 0.15) is 0 Å². The molecule has 0 spiro atoms. The molecule has 0 aliphatic rings. The largest absolute Gasteiger partial charge is 0.327 e. The summed E-state index contributed by atoms with van der Waals surface area (Å²) in [5.41, 5.74) is -0.439. The van der Waals surface area contributed by atoms with Crippen LogP contribution in [0.15, 0.2) is 15.8 Å². The fourth-order valence-corrected chi connectivity index (χ4v) is 1.17. The minimum atomic E-state index is -0.601. The number of alkyl halides is 1. The van der Waals surface area contributed by atoms with Crippen LogP contribution in [0.3, 0.4) is 0 Å². The summed E-state index contributed by atoms with van der Waals surface area (Å²) in [4.78, 5) is 34.3. The predicted octanol–water partition coefficient (Wildman–Crippen LogP) is -0.255. The Morgan fingerprint density at radius 2 is 2.14 bits per heavy atom. The normalized spacial score (nSPS) is 10.6. The van der Waals surface area contributed by atoms with Crippen molar-refractivity contribution in [3.8, 4) is 0 Å². The van der Waals surface area contributed by atoms with Crippen molar-refractivity contribution < 1.29 is 0 Å². The molecule has 2 aromatic rings. The number of halogens is 1. The van der Waals surface area contributed by atoms with E-state index in [-0.39, 0.29) is 17.0 Å². The highest BCUT2D eigenvalue weighted by molar-refractivity contribution is 6.16. The summed E-state index contributed by atoms with van der Waals surface area (Å²) in [6.07, 6.45) is 1.41. The van der Waals surface area contributed by atoms with E-state index < -0.39 is 11.2 Å². The lowest BCUT2D eigenvalue weighted by Gasteiger charge is -1.96. The Labute approximate surface area is 82.0 Å². The number of nitrogens with zero attached hydrogens (tertiary/aromatic N) is 2. The minimum Gasteiger partial charge on any atom is -0.290 e. The molecule has 2 aromatic heterocycles. The maximum atomic E-state index is 11.2. The van der Waals surface area contributed by atoms with Gasteiger partial charge in [-0.1, -0.05) is 0 Å². The van der Waals surface area contributed by atoms with E-state index in [1.54, 1.807) is 0 Å². The summed E-state index contributed by atoms with van der Waals surface area (Å²) in [7, 11) is 0. The molecule has 0 atom stereocenters. The number of H-pyrrole nitrogens is 2. The zero-order valence-corrected chi connectivity index (χ0v) is 7.63. The van der Waals surface area contributed by atoms with Crippen molar-refractivity contribution in [2.75, 3.05) is 0 Å². The maximum Gasteiger partial charge on any atom is 0.327 e. The van der Waals surface area contributed by atoms with Gasteiger partial charge in [-0.3, -0.25) is 14.8 Å². The van der Waals surface area contributed by atoms with Crippen LogP contribution in [-0.4, -0.2) is 19.9 Å². The Kier molecular flexibility index (Phi) is 2.05. The van der Waals surface area contributed by atoms with E-state index in [2.05, 4.69) is 19.9 Å². The first-order chi connectivity index (χ1) is 6.70. The standard InChI is InChI=1S/C7H5ClN4O2/c8-1-3-2-9-5-4(10-3)6(13)12-7(14)11-5/h2H,1H2,(H2,9,11,12,13,14). The fraction of sp³-hybridized carbons (Fsp3) is 0.143. The fourth-order valence-electron chi connectivity index (χ4n) is 1.04. The van der Waals surface area contributed by atoms with Crippen LogP contribution in [0.25, 0.3) is 11.2 Å².